The van der Waals surface area contributed by atoms with Gasteiger partial charge in [0.2, 0.25) is 10.8 Å². The van der Waals surface area contributed by atoms with E-state index in [1.54, 1.807) is 37.5 Å². The minimum atomic E-state index is -0.230. The Morgan fingerprint density at radius 2 is 2.22 bits per heavy atom. The summed E-state index contributed by atoms with van der Waals surface area (Å²) in [6, 6.07) is 8.95. The summed E-state index contributed by atoms with van der Waals surface area (Å²) in [6.07, 6.45) is 4.97. The molecule has 0 aliphatic carbocycles. The average Bonchev–Trinajstić information content (AvgIpc) is 3.39. The maximum atomic E-state index is 12.6. The molecule has 27 heavy (non-hydrogen) atoms. The fourth-order valence-corrected chi connectivity index (χ4v) is 3.44. The monoisotopic (exact) mass is 381 g/mol. The molecule has 0 saturated heterocycles. The third-order valence-corrected chi connectivity index (χ3v) is 4.72. The summed E-state index contributed by atoms with van der Waals surface area (Å²) in [6.45, 7) is 4.01. The van der Waals surface area contributed by atoms with Crippen molar-refractivity contribution in [3.05, 3.63) is 69.7 Å². The van der Waals surface area contributed by atoms with Crippen LogP contribution in [-0.4, -0.2) is 28.3 Å². The van der Waals surface area contributed by atoms with Crippen LogP contribution in [0, 0.1) is 0 Å². The van der Waals surface area contributed by atoms with E-state index in [0.29, 0.717) is 39.2 Å². The first kappa shape index (κ1) is 17.0. The Kier molecular flexibility index (Phi) is 4.47. The van der Waals surface area contributed by atoms with E-state index in [-0.39, 0.29) is 5.56 Å². The first-order valence-electron chi connectivity index (χ1n) is 8.06. The summed E-state index contributed by atoms with van der Waals surface area (Å²) in [5, 5.41) is 4.23. The molecule has 0 spiro atoms. The van der Waals surface area contributed by atoms with Crippen molar-refractivity contribution >= 4 is 22.4 Å². The second-order valence-electron chi connectivity index (χ2n) is 5.53. The quantitative estimate of drug-likeness (QED) is 0.478. The Morgan fingerprint density at radius 3 is 2.93 bits per heavy atom. The fourth-order valence-electron chi connectivity index (χ4n) is 2.54. The van der Waals surface area contributed by atoms with Crippen molar-refractivity contribution in [2.24, 2.45) is 0 Å². The van der Waals surface area contributed by atoms with E-state index in [1.807, 2.05) is 12.1 Å². The smallest absolute Gasteiger partial charge is 0.291 e. The lowest BCUT2D eigenvalue weighted by molar-refractivity contribution is 0.326. The number of ether oxygens (including phenoxy) is 2. The van der Waals surface area contributed by atoms with Crippen LogP contribution in [0.4, 0.5) is 0 Å². The Hall–Kier alpha value is -3.39. The maximum absolute atomic E-state index is 12.6. The van der Waals surface area contributed by atoms with Crippen LogP contribution >= 0.6 is 11.3 Å². The topological polar surface area (TPSA) is 78.9 Å². The minimum Gasteiger partial charge on any atom is -0.493 e. The number of fused-ring (bicyclic) bond motifs is 1. The molecule has 7 nitrogen and oxygen atoms in total. The Bertz CT molecular complexity index is 1210. The van der Waals surface area contributed by atoms with Gasteiger partial charge < -0.3 is 13.9 Å². The van der Waals surface area contributed by atoms with E-state index < -0.39 is 0 Å². The van der Waals surface area contributed by atoms with Crippen LogP contribution in [0.2, 0.25) is 0 Å². The van der Waals surface area contributed by atoms with Crippen molar-refractivity contribution in [3.63, 3.8) is 0 Å². The first-order valence-corrected chi connectivity index (χ1v) is 8.88. The number of furan rings is 1. The lowest BCUT2D eigenvalue weighted by Gasteiger charge is -2.09. The molecule has 136 valence electrons. The molecule has 0 unspecified atom stereocenters. The molecule has 1 aromatic carbocycles. The minimum absolute atomic E-state index is 0.230. The largest absolute Gasteiger partial charge is 0.493 e. The molecule has 0 aliphatic rings. The predicted molar refractivity (Wildman–Crippen MR) is 102 cm³/mol. The highest BCUT2D eigenvalue weighted by atomic mass is 32.1. The van der Waals surface area contributed by atoms with Crippen LogP contribution in [-0.2, 0) is 0 Å². The Morgan fingerprint density at radius 1 is 1.33 bits per heavy atom. The van der Waals surface area contributed by atoms with Crippen LogP contribution < -0.4 is 19.6 Å². The third kappa shape index (κ3) is 3.22. The number of methoxy groups -OCH3 is 1. The lowest BCUT2D eigenvalue weighted by atomic mass is 10.2. The normalized spacial score (nSPS) is 11.8. The number of rotatable bonds is 6. The highest BCUT2D eigenvalue weighted by molar-refractivity contribution is 7.15. The molecule has 3 aromatic heterocycles. The van der Waals surface area contributed by atoms with Gasteiger partial charge in [0.05, 0.1) is 17.9 Å². The fraction of sp³-hybridized carbons (Fsp3) is 0.105. The van der Waals surface area contributed by atoms with Crippen LogP contribution in [0.25, 0.3) is 22.6 Å². The average molecular weight is 381 g/mol. The highest BCUT2D eigenvalue weighted by Gasteiger charge is 2.13. The number of nitrogens with zero attached hydrogens (tertiary/aromatic N) is 3. The molecule has 0 N–H and O–H groups in total. The SMILES string of the molecule is C=CCOc1ccc(C=c2sc3nc(-c4ccco4)nn3c2=O)cc1OC. The van der Waals surface area contributed by atoms with E-state index in [0.717, 1.165) is 5.56 Å². The summed E-state index contributed by atoms with van der Waals surface area (Å²) < 4.78 is 18.0. The van der Waals surface area contributed by atoms with Gasteiger partial charge in [0.25, 0.3) is 5.56 Å². The van der Waals surface area contributed by atoms with Crippen molar-refractivity contribution < 1.29 is 13.9 Å². The molecule has 0 saturated carbocycles. The first-order chi connectivity index (χ1) is 13.2. The molecular formula is C19H15N3O4S. The molecule has 4 rings (SSSR count). The standard InChI is InChI=1S/C19H15N3O4S/c1-3-8-25-13-7-6-12(10-15(13)24-2)11-16-18(23)22-19(27-16)20-17(21-22)14-5-4-9-26-14/h3-7,9-11H,1,8H2,2H3. The predicted octanol–water partition coefficient (Wildman–Crippen LogP) is 2.53. The zero-order valence-corrected chi connectivity index (χ0v) is 15.2. The Labute approximate surface area is 157 Å². The van der Waals surface area contributed by atoms with Gasteiger partial charge in [0.1, 0.15) is 6.61 Å². The summed E-state index contributed by atoms with van der Waals surface area (Å²) in [5.41, 5.74) is 0.580. The van der Waals surface area contributed by atoms with E-state index in [9.17, 15) is 4.79 Å². The summed E-state index contributed by atoms with van der Waals surface area (Å²) in [4.78, 5) is 17.5. The van der Waals surface area contributed by atoms with E-state index in [4.69, 9.17) is 13.9 Å². The van der Waals surface area contributed by atoms with E-state index >= 15 is 0 Å². The van der Waals surface area contributed by atoms with Crippen molar-refractivity contribution in [2.45, 2.75) is 0 Å². The van der Waals surface area contributed by atoms with Crippen LogP contribution in [0.15, 0.2) is 58.5 Å². The van der Waals surface area contributed by atoms with Gasteiger partial charge in [0.15, 0.2) is 17.3 Å². The van der Waals surface area contributed by atoms with Gasteiger partial charge >= 0.3 is 0 Å². The lowest BCUT2D eigenvalue weighted by Crippen LogP contribution is -2.23. The number of hydrogen-bond donors (Lipinski definition) is 0. The van der Waals surface area contributed by atoms with Crippen LogP contribution in [0.5, 0.6) is 11.5 Å². The molecule has 0 atom stereocenters. The summed E-state index contributed by atoms with van der Waals surface area (Å²) in [5.74, 6) is 2.11. The third-order valence-electron chi connectivity index (χ3n) is 3.77. The molecule has 0 fully saturated rings. The van der Waals surface area contributed by atoms with Gasteiger partial charge in [-0.3, -0.25) is 4.79 Å². The summed E-state index contributed by atoms with van der Waals surface area (Å²) in [7, 11) is 1.57. The van der Waals surface area contributed by atoms with Crippen molar-refractivity contribution in [2.75, 3.05) is 13.7 Å². The van der Waals surface area contributed by atoms with Crippen molar-refractivity contribution in [1.29, 1.82) is 0 Å². The van der Waals surface area contributed by atoms with Gasteiger partial charge in [0, 0.05) is 0 Å². The van der Waals surface area contributed by atoms with Gasteiger partial charge in [-0.15, -0.1) is 5.10 Å². The van der Waals surface area contributed by atoms with Gasteiger partial charge in [-0.05, 0) is 35.9 Å². The highest BCUT2D eigenvalue weighted by Crippen LogP contribution is 2.28. The second kappa shape index (κ2) is 7.08. The molecular weight excluding hydrogens is 366 g/mol. The van der Waals surface area contributed by atoms with Crippen molar-refractivity contribution in [3.8, 4) is 23.1 Å². The van der Waals surface area contributed by atoms with Gasteiger partial charge in [-0.1, -0.05) is 30.1 Å². The van der Waals surface area contributed by atoms with E-state index in [2.05, 4.69) is 16.7 Å². The maximum Gasteiger partial charge on any atom is 0.291 e. The van der Waals surface area contributed by atoms with Gasteiger partial charge in [-0.2, -0.15) is 9.50 Å². The molecule has 0 radical (unpaired) electrons. The number of aromatic nitrogens is 3. The zero-order valence-electron chi connectivity index (χ0n) is 14.4. The number of thiazole rings is 1. The molecule has 3 heterocycles. The Balaban J connectivity index is 1.72. The molecule has 8 heteroatoms. The molecule has 0 amide bonds. The summed E-state index contributed by atoms with van der Waals surface area (Å²) >= 11 is 1.26. The molecule has 0 bridgehead atoms. The second-order valence-corrected chi connectivity index (χ2v) is 6.54. The van der Waals surface area contributed by atoms with Crippen LogP contribution in [0.3, 0.4) is 0 Å². The van der Waals surface area contributed by atoms with E-state index in [1.165, 1.54) is 22.1 Å². The number of hydrogen-bond acceptors (Lipinski definition) is 7. The zero-order chi connectivity index (χ0) is 18.8. The van der Waals surface area contributed by atoms with Crippen LogP contribution in [0.1, 0.15) is 5.56 Å². The van der Waals surface area contributed by atoms with Gasteiger partial charge in [-0.25, -0.2) is 0 Å². The molecule has 4 aromatic rings. The molecule has 0 aliphatic heterocycles. The van der Waals surface area contributed by atoms with Crippen molar-refractivity contribution in [1.82, 2.24) is 14.6 Å². The number of benzene rings is 1.